The fourth-order valence-corrected chi connectivity index (χ4v) is 2.86. The van der Waals surface area contributed by atoms with E-state index in [2.05, 4.69) is 54.6 Å². The monoisotopic (exact) mass is 210 g/mol. The summed E-state index contributed by atoms with van der Waals surface area (Å²) in [7, 11) is 0. The molecule has 17 heavy (non-hydrogen) atoms. The summed E-state index contributed by atoms with van der Waals surface area (Å²) in [6.45, 7) is 0. The number of fused-ring (bicyclic) bond motifs is 2. The van der Waals surface area contributed by atoms with Crippen molar-refractivity contribution in [2.45, 2.75) is 6.42 Å². The van der Waals surface area contributed by atoms with E-state index < -0.39 is 0 Å². The Morgan fingerprint density at radius 3 is 2.59 bits per heavy atom. The SMILES string of the molecule is [Li+].c1ccc2c(c1)Cc1cccc3[cH-]cc-2c13. The molecule has 0 amide bonds. The Balaban J connectivity index is 0.000000902. The first-order valence-electron chi connectivity index (χ1n) is 5.69. The van der Waals surface area contributed by atoms with Crippen LogP contribution < -0.4 is 18.9 Å². The van der Waals surface area contributed by atoms with E-state index in [9.17, 15) is 0 Å². The first-order valence-corrected chi connectivity index (χ1v) is 5.69. The molecule has 0 nitrogen and oxygen atoms in total. The Morgan fingerprint density at radius 1 is 0.824 bits per heavy atom. The van der Waals surface area contributed by atoms with E-state index in [1.54, 1.807) is 0 Å². The third-order valence-corrected chi connectivity index (χ3v) is 3.57. The maximum absolute atomic E-state index is 2.26. The summed E-state index contributed by atoms with van der Waals surface area (Å²) in [6.07, 6.45) is 1.07. The average Bonchev–Trinajstić information content (AvgIpc) is 2.76. The maximum atomic E-state index is 2.26. The van der Waals surface area contributed by atoms with Crippen molar-refractivity contribution in [2.75, 3.05) is 0 Å². The van der Waals surface area contributed by atoms with Gasteiger partial charge in [0, 0.05) is 0 Å². The summed E-state index contributed by atoms with van der Waals surface area (Å²) in [6, 6.07) is 19.8. The van der Waals surface area contributed by atoms with E-state index in [1.165, 1.54) is 33.0 Å². The number of rotatable bonds is 0. The van der Waals surface area contributed by atoms with E-state index in [-0.39, 0.29) is 18.9 Å². The quantitative estimate of drug-likeness (QED) is 0.301. The maximum Gasteiger partial charge on any atom is 1.00 e. The van der Waals surface area contributed by atoms with Crippen LogP contribution in [0.15, 0.2) is 54.6 Å². The van der Waals surface area contributed by atoms with E-state index in [4.69, 9.17) is 0 Å². The minimum absolute atomic E-state index is 0. The second kappa shape index (κ2) is 3.84. The molecular weight excluding hydrogens is 199 g/mol. The van der Waals surface area contributed by atoms with Crippen molar-refractivity contribution >= 4 is 10.8 Å². The van der Waals surface area contributed by atoms with Gasteiger partial charge in [0.2, 0.25) is 0 Å². The molecule has 0 fully saturated rings. The van der Waals surface area contributed by atoms with Gasteiger partial charge in [-0.3, -0.25) is 0 Å². The van der Waals surface area contributed by atoms with Gasteiger partial charge in [0.1, 0.15) is 0 Å². The Hall–Kier alpha value is -1.35. The van der Waals surface area contributed by atoms with Crippen molar-refractivity contribution in [1.29, 1.82) is 0 Å². The molecule has 76 valence electrons. The van der Waals surface area contributed by atoms with Gasteiger partial charge < -0.3 is 0 Å². The third kappa shape index (κ3) is 1.42. The van der Waals surface area contributed by atoms with Crippen LogP contribution in [0.4, 0.5) is 0 Å². The topological polar surface area (TPSA) is 0 Å². The molecule has 3 aromatic carbocycles. The smallest absolute Gasteiger partial charge is 0.149 e. The molecule has 0 saturated heterocycles. The van der Waals surface area contributed by atoms with Crippen LogP contribution in [0.25, 0.3) is 21.9 Å². The fraction of sp³-hybridized carbons (Fsp3) is 0.0625. The zero-order chi connectivity index (χ0) is 10.5. The normalized spacial score (nSPS) is 12.0. The predicted molar refractivity (Wildman–Crippen MR) is 67.8 cm³/mol. The summed E-state index contributed by atoms with van der Waals surface area (Å²) in [5, 5.41) is 2.84. The van der Waals surface area contributed by atoms with Gasteiger partial charge >= 0.3 is 18.9 Å². The zero-order valence-electron chi connectivity index (χ0n) is 9.90. The first kappa shape index (κ1) is 10.8. The van der Waals surface area contributed by atoms with Gasteiger partial charge in [-0.15, -0.1) is 40.6 Å². The van der Waals surface area contributed by atoms with Crippen LogP contribution in [0.2, 0.25) is 0 Å². The van der Waals surface area contributed by atoms with E-state index in [1.807, 2.05) is 0 Å². The van der Waals surface area contributed by atoms with Crippen molar-refractivity contribution in [3.05, 3.63) is 65.7 Å². The van der Waals surface area contributed by atoms with Crippen LogP contribution in [0, 0.1) is 0 Å². The van der Waals surface area contributed by atoms with Gasteiger partial charge in [0.25, 0.3) is 0 Å². The van der Waals surface area contributed by atoms with Crippen molar-refractivity contribution in [3.8, 4) is 11.1 Å². The van der Waals surface area contributed by atoms with E-state index >= 15 is 0 Å². The molecule has 3 aromatic rings. The van der Waals surface area contributed by atoms with Gasteiger partial charge in [-0.2, -0.15) is 0 Å². The predicted octanol–water partition coefficient (Wildman–Crippen LogP) is 1.13. The molecule has 1 heteroatoms. The summed E-state index contributed by atoms with van der Waals surface area (Å²) in [5.74, 6) is 0. The van der Waals surface area contributed by atoms with Gasteiger partial charge in [-0.05, 0) is 12.0 Å². The minimum Gasteiger partial charge on any atom is -0.149 e. The first-order chi connectivity index (χ1) is 7.93. The fourth-order valence-electron chi connectivity index (χ4n) is 2.86. The second-order valence-corrected chi connectivity index (χ2v) is 4.46. The Bertz CT molecular complexity index is 692. The number of hydrogen-bond donors (Lipinski definition) is 0. The molecule has 0 aromatic heterocycles. The molecule has 0 aliphatic heterocycles. The van der Waals surface area contributed by atoms with Crippen LogP contribution in [0.3, 0.4) is 0 Å². The van der Waals surface area contributed by atoms with Gasteiger partial charge in [0.15, 0.2) is 0 Å². The number of hydrogen-bond acceptors (Lipinski definition) is 0. The molecule has 0 atom stereocenters. The van der Waals surface area contributed by atoms with Gasteiger partial charge in [0.05, 0.1) is 0 Å². The van der Waals surface area contributed by atoms with Crippen LogP contribution in [-0.2, 0) is 6.42 Å². The van der Waals surface area contributed by atoms with Crippen LogP contribution >= 0.6 is 0 Å². The van der Waals surface area contributed by atoms with Crippen molar-refractivity contribution < 1.29 is 18.9 Å². The molecule has 1 aliphatic rings. The third-order valence-electron chi connectivity index (χ3n) is 3.57. The molecule has 0 radical (unpaired) electrons. The molecule has 0 N–H and O–H groups in total. The summed E-state index contributed by atoms with van der Waals surface area (Å²) >= 11 is 0. The van der Waals surface area contributed by atoms with Gasteiger partial charge in [-0.1, -0.05) is 41.5 Å². The van der Waals surface area contributed by atoms with E-state index in [0.29, 0.717) is 0 Å². The zero-order valence-corrected chi connectivity index (χ0v) is 9.90. The molecule has 0 saturated carbocycles. The molecular formula is C16H11Li. The second-order valence-electron chi connectivity index (χ2n) is 4.46. The summed E-state index contributed by atoms with van der Waals surface area (Å²) in [5.41, 5.74) is 5.74. The molecule has 4 rings (SSSR count). The average molecular weight is 210 g/mol. The van der Waals surface area contributed by atoms with Crippen LogP contribution in [0.1, 0.15) is 11.1 Å². The molecule has 0 bridgehead atoms. The van der Waals surface area contributed by atoms with Crippen molar-refractivity contribution in [1.82, 2.24) is 0 Å². The van der Waals surface area contributed by atoms with Crippen LogP contribution in [0.5, 0.6) is 0 Å². The van der Waals surface area contributed by atoms with Crippen molar-refractivity contribution in [2.24, 2.45) is 0 Å². The standard InChI is InChI=1S/C16H11.Li/c1-2-7-14-12(4-1)10-13-6-3-5-11-8-9-15(14)16(11)13;/h1-9H,10H2;/q-1;+1. The molecule has 0 heterocycles. The molecule has 0 spiro atoms. The molecule has 0 unspecified atom stereocenters. The summed E-state index contributed by atoms with van der Waals surface area (Å²) < 4.78 is 0. The van der Waals surface area contributed by atoms with Gasteiger partial charge in [-0.25, -0.2) is 0 Å². The van der Waals surface area contributed by atoms with E-state index in [0.717, 1.165) is 6.42 Å². The summed E-state index contributed by atoms with van der Waals surface area (Å²) in [4.78, 5) is 0. The largest absolute Gasteiger partial charge is 1.00 e. The van der Waals surface area contributed by atoms with Crippen molar-refractivity contribution in [3.63, 3.8) is 0 Å². The Kier molecular flexibility index (Phi) is 2.44. The van der Waals surface area contributed by atoms with Crippen LogP contribution in [-0.4, -0.2) is 0 Å². The Labute approximate surface area is 113 Å². The molecule has 1 aliphatic carbocycles. The number of benzene rings is 2. The minimum atomic E-state index is 0. The Morgan fingerprint density at radius 2 is 1.65 bits per heavy atom.